The van der Waals surface area contributed by atoms with Crippen molar-refractivity contribution in [2.24, 2.45) is 0 Å². The molecule has 3 rings (SSSR count). The molecule has 0 unspecified atom stereocenters. The van der Waals surface area contributed by atoms with Crippen LogP contribution in [0.1, 0.15) is 10.4 Å². The van der Waals surface area contributed by atoms with Crippen molar-refractivity contribution in [3.8, 4) is 5.88 Å². The van der Waals surface area contributed by atoms with Crippen LogP contribution in [-0.4, -0.2) is 48.3 Å². The topological polar surface area (TPSA) is 115 Å². The largest absolute Gasteiger partial charge is 0.481 e. The number of pyridine rings is 2. The number of amides is 1. The second-order valence-electron chi connectivity index (χ2n) is 5.38. The number of fused-ring (bicyclic) bond motifs is 1. The number of nitrogens with zero attached hydrogens (tertiary/aromatic N) is 3. The predicted octanol–water partition coefficient (Wildman–Crippen LogP) is 0.910. The Morgan fingerprint density at radius 1 is 1.23 bits per heavy atom. The SMILES string of the molecule is COc1cc(C(=O)NCCS(=O)(=O)Nc2ccn3nccc3c2)ccn1. The molecule has 3 heterocycles. The number of methoxy groups -OCH3 is 1. The zero-order valence-electron chi connectivity index (χ0n) is 13.9. The van der Waals surface area contributed by atoms with Crippen molar-refractivity contribution in [2.45, 2.75) is 0 Å². The van der Waals surface area contributed by atoms with Crippen LogP contribution < -0.4 is 14.8 Å². The Bertz CT molecular complexity index is 1030. The Kier molecular flexibility index (Phi) is 5.03. The lowest BCUT2D eigenvalue weighted by Gasteiger charge is -2.09. The quantitative estimate of drug-likeness (QED) is 0.634. The van der Waals surface area contributed by atoms with Gasteiger partial charge in [0.2, 0.25) is 15.9 Å². The van der Waals surface area contributed by atoms with Crippen LogP contribution in [0.3, 0.4) is 0 Å². The zero-order chi connectivity index (χ0) is 18.6. The molecule has 0 aliphatic heterocycles. The third-order valence-electron chi connectivity index (χ3n) is 3.54. The lowest BCUT2D eigenvalue weighted by Crippen LogP contribution is -2.31. The van der Waals surface area contributed by atoms with Crippen molar-refractivity contribution in [1.29, 1.82) is 0 Å². The smallest absolute Gasteiger partial charge is 0.251 e. The van der Waals surface area contributed by atoms with Gasteiger partial charge < -0.3 is 10.1 Å². The van der Waals surface area contributed by atoms with Crippen LogP contribution in [-0.2, 0) is 10.0 Å². The maximum atomic E-state index is 12.2. The summed E-state index contributed by atoms with van der Waals surface area (Å²) < 4.78 is 33.4. The molecule has 10 heteroatoms. The molecule has 0 aromatic carbocycles. The first-order valence-electron chi connectivity index (χ1n) is 7.69. The van der Waals surface area contributed by atoms with Crippen LogP contribution in [0.4, 0.5) is 5.69 Å². The average molecular weight is 375 g/mol. The Hall–Kier alpha value is -3.14. The maximum Gasteiger partial charge on any atom is 0.251 e. The fourth-order valence-corrected chi connectivity index (χ4v) is 3.24. The van der Waals surface area contributed by atoms with Gasteiger partial charge in [0, 0.05) is 36.8 Å². The first-order chi connectivity index (χ1) is 12.5. The number of sulfonamides is 1. The van der Waals surface area contributed by atoms with Crippen molar-refractivity contribution in [1.82, 2.24) is 19.9 Å². The van der Waals surface area contributed by atoms with E-state index in [9.17, 15) is 13.2 Å². The lowest BCUT2D eigenvalue weighted by molar-refractivity contribution is 0.0955. The summed E-state index contributed by atoms with van der Waals surface area (Å²) in [5.41, 5.74) is 1.54. The third kappa shape index (κ3) is 4.28. The van der Waals surface area contributed by atoms with Gasteiger partial charge in [-0.1, -0.05) is 0 Å². The number of carbonyl (C=O) groups excluding carboxylic acids is 1. The molecule has 0 aliphatic carbocycles. The minimum atomic E-state index is -3.61. The van der Waals surface area contributed by atoms with Crippen molar-refractivity contribution in [3.63, 3.8) is 0 Å². The van der Waals surface area contributed by atoms with Crippen LogP contribution in [0.5, 0.6) is 5.88 Å². The zero-order valence-corrected chi connectivity index (χ0v) is 14.7. The summed E-state index contributed by atoms with van der Waals surface area (Å²) in [5, 5.41) is 6.61. The molecular formula is C16H17N5O4S. The molecule has 0 saturated heterocycles. The van der Waals surface area contributed by atoms with E-state index in [1.54, 1.807) is 35.1 Å². The molecule has 0 saturated carbocycles. The Balaban J connectivity index is 1.56. The molecule has 0 aliphatic rings. The van der Waals surface area contributed by atoms with Gasteiger partial charge in [0.1, 0.15) is 0 Å². The van der Waals surface area contributed by atoms with Crippen molar-refractivity contribution < 1.29 is 17.9 Å². The maximum absolute atomic E-state index is 12.2. The number of nitrogens with one attached hydrogen (secondary N) is 2. The molecule has 26 heavy (non-hydrogen) atoms. The first kappa shape index (κ1) is 17.7. The number of carbonyl (C=O) groups is 1. The summed E-state index contributed by atoms with van der Waals surface area (Å²) in [6.07, 6.45) is 4.72. The molecule has 136 valence electrons. The fourth-order valence-electron chi connectivity index (χ4n) is 2.28. The summed E-state index contributed by atoms with van der Waals surface area (Å²) in [4.78, 5) is 16.0. The molecule has 0 bridgehead atoms. The van der Waals surface area contributed by atoms with Gasteiger partial charge >= 0.3 is 0 Å². The molecule has 1 amide bonds. The highest BCUT2D eigenvalue weighted by Gasteiger charge is 2.13. The molecule has 0 radical (unpaired) electrons. The molecule has 3 aromatic rings. The summed E-state index contributed by atoms with van der Waals surface area (Å²) in [7, 11) is -2.16. The minimum absolute atomic E-state index is 0.0340. The van der Waals surface area contributed by atoms with Crippen molar-refractivity contribution in [3.05, 3.63) is 54.5 Å². The molecule has 0 fully saturated rings. The van der Waals surface area contributed by atoms with Gasteiger partial charge in [-0.05, 0) is 24.3 Å². The monoisotopic (exact) mass is 375 g/mol. The van der Waals surface area contributed by atoms with Gasteiger partial charge in [-0.2, -0.15) is 5.10 Å². The molecule has 0 atom stereocenters. The van der Waals surface area contributed by atoms with Crippen LogP contribution >= 0.6 is 0 Å². The highest BCUT2D eigenvalue weighted by molar-refractivity contribution is 7.92. The van der Waals surface area contributed by atoms with E-state index in [4.69, 9.17) is 4.74 Å². The Morgan fingerprint density at radius 2 is 2.08 bits per heavy atom. The van der Waals surface area contributed by atoms with Gasteiger partial charge in [-0.15, -0.1) is 0 Å². The van der Waals surface area contributed by atoms with E-state index < -0.39 is 15.9 Å². The number of aromatic nitrogens is 3. The lowest BCUT2D eigenvalue weighted by atomic mass is 10.2. The van der Waals surface area contributed by atoms with Crippen molar-refractivity contribution in [2.75, 3.05) is 24.1 Å². The second-order valence-corrected chi connectivity index (χ2v) is 7.22. The predicted molar refractivity (Wildman–Crippen MR) is 95.7 cm³/mol. The number of anilines is 1. The number of rotatable bonds is 7. The van der Waals surface area contributed by atoms with Gasteiger partial charge in [-0.25, -0.2) is 17.9 Å². The Morgan fingerprint density at radius 3 is 2.88 bits per heavy atom. The van der Waals surface area contributed by atoms with E-state index in [2.05, 4.69) is 20.1 Å². The summed E-state index contributed by atoms with van der Waals surface area (Å²) >= 11 is 0. The van der Waals surface area contributed by atoms with E-state index in [-0.39, 0.29) is 12.3 Å². The van der Waals surface area contributed by atoms with Crippen molar-refractivity contribution >= 4 is 27.1 Å². The van der Waals surface area contributed by atoms with Crippen LogP contribution in [0.2, 0.25) is 0 Å². The number of hydrogen-bond donors (Lipinski definition) is 2. The molecule has 3 aromatic heterocycles. The molecular weight excluding hydrogens is 358 g/mol. The van der Waals surface area contributed by atoms with E-state index in [1.807, 2.05) is 0 Å². The first-order valence-corrected chi connectivity index (χ1v) is 9.34. The summed E-state index contributed by atoms with van der Waals surface area (Å²) in [6.45, 7) is -0.0340. The van der Waals surface area contributed by atoms with E-state index in [0.29, 0.717) is 17.1 Å². The van der Waals surface area contributed by atoms with E-state index >= 15 is 0 Å². The molecule has 2 N–H and O–H groups in total. The fraction of sp³-hybridized carbons (Fsp3) is 0.188. The number of ether oxygens (including phenoxy) is 1. The third-order valence-corrected chi connectivity index (χ3v) is 4.82. The van der Waals surface area contributed by atoms with Gasteiger partial charge in [0.05, 0.1) is 24.1 Å². The molecule has 0 spiro atoms. The van der Waals surface area contributed by atoms with E-state index in [1.165, 1.54) is 25.4 Å². The molecule has 9 nitrogen and oxygen atoms in total. The Labute approximate surface area is 150 Å². The minimum Gasteiger partial charge on any atom is -0.481 e. The van der Waals surface area contributed by atoms with Gasteiger partial charge in [0.15, 0.2) is 0 Å². The van der Waals surface area contributed by atoms with Gasteiger partial charge in [0.25, 0.3) is 5.91 Å². The van der Waals surface area contributed by atoms with E-state index in [0.717, 1.165) is 5.52 Å². The van der Waals surface area contributed by atoms with Crippen LogP contribution in [0, 0.1) is 0 Å². The summed E-state index contributed by atoms with van der Waals surface area (Å²) in [5.74, 6) is -0.352. The highest BCUT2D eigenvalue weighted by atomic mass is 32.2. The second kappa shape index (κ2) is 7.40. The van der Waals surface area contributed by atoms with Gasteiger partial charge in [-0.3, -0.25) is 9.52 Å². The highest BCUT2D eigenvalue weighted by Crippen LogP contribution is 2.13. The average Bonchev–Trinajstić information content (AvgIpc) is 3.09. The normalized spacial score (nSPS) is 11.3. The number of hydrogen-bond acceptors (Lipinski definition) is 6. The van der Waals surface area contributed by atoms with Crippen LogP contribution in [0.15, 0.2) is 48.9 Å². The summed E-state index contributed by atoms with van der Waals surface area (Å²) in [6, 6.07) is 8.04. The van der Waals surface area contributed by atoms with Crippen LogP contribution in [0.25, 0.3) is 5.52 Å². The standard InChI is InChI=1S/C16H17N5O4S/c1-25-15-10-12(2-5-17-15)16(22)18-7-9-26(23,24)20-13-4-8-21-14(11-13)3-6-19-21/h2-6,8,10-11,20H,7,9H2,1H3,(H,18,22).